The molecule has 1 heterocycles. The van der Waals surface area contributed by atoms with Crippen molar-refractivity contribution in [3.8, 4) is 0 Å². The maximum atomic E-state index is 11.9. The van der Waals surface area contributed by atoms with Gasteiger partial charge in [0.1, 0.15) is 0 Å². The average Bonchev–Trinajstić information content (AvgIpc) is 2.81. The van der Waals surface area contributed by atoms with Gasteiger partial charge in [0.2, 0.25) is 5.91 Å². The summed E-state index contributed by atoms with van der Waals surface area (Å²) in [6, 6.07) is -0.299. The molecule has 0 aliphatic heterocycles. The van der Waals surface area contributed by atoms with Gasteiger partial charge in [0.25, 0.3) is 0 Å². The molecule has 0 saturated heterocycles. The summed E-state index contributed by atoms with van der Waals surface area (Å²) in [6.07, 6.45) is 1.18. The first kappa shape index (κ1) is 12.6. The molecule has 0 radical (unpaired) electrons. The van der Waals surface area contributed by atoms with Gasteiger partial charge in [-0.05, 0) is 19.8 Å². The van der Waals surface area contributed by atoms with Crippen molar-refractivity contribution in [2.45, 2.75) is 45.2 Å². The second kappa shape index (κ2) is 5.02. The first-order valence-corrected chi connectivity index (χ1v) is 5.36. The number of nitrogens with one attached hydrogen (secondary N) is 2. The van der Waals surface area contributed by atoms with Crippen LogP contribution in [-0.2, 0) is 4.79 Å². The van der Waals surface area contributed by atoms with E-state index in [4.69, 9.17) is 5.73 Å². The van der Waals surface area contributed by atoms with Gasteiger partial charge >= 0.3 is 0 Å². The molecule has 0 aliphatic carbocycles. The van der Waals surface area contributed by atoms with E-state index < -0.39 is 5.54 Å². The lowest BCUT2D eigenvalue weighted by atomic mass is 9.93. The van der Waals surface area contributed by atoms with Crippen molar-refractivity contribution in [3.05, 3.63) is 5.82 Å². The molecule has 1 rings (SSSR count). The molecule has 0 spiro atoms. The van der Waals surface area contributed by atoms with Crippen LogP contribution in [0.15, 0.2) is 0 Å². The van der Waals surface area contributed by atoms with Crippen LogP contribution in [0.25, 0.3) is 0 Å². The number of nitrogens with two attached hydrogens (primary N) is 1. The zero-order chi connectivity index (χ0) is 12.2. The Morgan fingerprint density at radius 2 is 2.19 bits per heavy atom. The Labute approximate surface area is 94.2 Å². The number of tetrazole rings is 1. The number of rotatable bonds is 5. The Morgan fingerprint density at radius 3 is 2.62 bits per heavy atom. The number of aromatic nitrogens is 4. The molecule has 1 unspecified atom stereocenters. The predicted octanol–water partition coefficient (Wildman–Crippen LogP) is -0.106. The van der Waals surface area contributed by atoms with Crippen molar-refractivity contribution < 1.29 is 4.79 Å². The molecule has 0 aliphatic rings. The summed E-state index contributed by atoms with van der Waals surface area (Å²) in [6.45, 7) is 5.57. The summed E-state index contributed by atoms with van der Waals surface area (Å²) in [5.74, 6) is 0.262. The molecule has 0 bridgehead atoms. The quantitative estimate of drug-likeness (QED) is 0.649. The highest BCUT2D eigenvalue weighted by atomic mass is 16.2. The van der Waals surface area contributed by atoms with Gasteiger partial charge in [0.05, 0.1) is 11.6 Å². The van der Waals surface area contributed by atoms with Crippen LogP contribution in [0.5, 0.6) is 0 Å². The van der Waals surface area contributed by atoms with E-state index in [2.05, 4.69) is 25.9 Å². The number of nitrogens with zero attached hydrogens (tertiary/aromatic N) is 3. The van der Waals surface area contributed by atoms with Gasteiger partial charge in [-0.1, -0.05) is 19.1 Å². The van der Waals surface area contributed by atoms with Crippen LogP contribution in [0.3, 0.4) is 0 Å². The molecule has 90 valence electrons. The van der Waals surface area contributed by atoms with Gasteiger partial charge in [0.15, 0.2) is 5.82 Å². The lowest BCUT2D eigenvalue weighted by Crippen LogP contribution is -2.53. The molecule has 1 amide bonds. The van der Waals surface area contributed by atoms with Gasteiger partial charge in [-0.2, -0.15) is 5.21 Å². The van der Waals surface area contributed by atoms with Crippen LogP contribution in [0.1, 0.15) is 45.5 Å². The fourth-order valence-electron chi connectivity index (χ4n) is 1.33. The van der Waals surface area contributed by atoms with E-state index in [1.807, 2.05) is 13.8 Å². The first-order valence-electron chi connectivity index (χ1n) is 5.36. The third-order valence-corrected chi connectivity index (χ3v) is 2.81. The third kappa shape index (κ3) is 2.54. The number of amides is 1. The standard InChI is InChI=1S/C9H18N6O/c1-4-9(10,5-2)8(16)11-6(3)7-12-14-15-13-7/h6H,4-5,10H2,1-3H3,(H,11,16)(H,12,13,14,15). The largest absolute Gasteiger partial charge is 0.345 e. The molecular weight excluding hydrogens is 208 g/mol. The monoisotopic (exact) mass is 226 g/mol. The predicted molar refractivity (Wildman–Crippen MR) is 58.2 cm³/mol. The van der Waals surface area contributed by atoms with E-state index in [0.29, 0.717) is 18.7 Å². The minimum atomic E-state index is -0.821. The van der Waals surface area contributed by atoms with Gasteiger partial charge in [-0.3, -0.25) is 4.79 Å². The minimum absolute atomic E-state index is 0.185. The summed E-state index contributed by atoms with van der Waals surface area (Å²) in [5.41, 5.74) is 5.14. The van der Waals surface area contributed by atoms with Crippen LogP contribution in [-0.4, -0.2) is 32.1 Å². The highest BCUT2D eigenvalue weighted by Gasteiger charge is 2.31. The fourth-order valence-corrected chi connectivity index (χ4v) is 1.33. The van der Waals surface area contributed by atoms with Crippen LogP contribution < -0.4 is 11.1 Å². The van der Waals surface area contributed by atoms with Crippen LogP contribution in [0.2, 0.25) is 0 Å². The van der Waals surface area contributed by atoms with E-state index in [9.17, 15) is 4.79 Å². The fraction of sp³-hybridized carbons (Fsp3) is 0.778. The number of hydrogen-bond donors (Lipinski definition) is 3. The molecule has 0 saturated carbocycles. The summed E-state index contributed by atoms with van der Waals surface area (Å²) in [5, 5.41) is 16.1. The van der Waals surface area contributed by atoms with E-state index in [1.165, 1.54) is 0 Å². The summed E-state index contributed by atoms with van der Waals surface area (Å²) in [4.78, 5) is 11.9. The maximum absolute atomic E-state index is 11.9. The van der Waals surface area contributed by atoms with Gasteiger partial charge in [-0.15, -0.1) is 10.2 Å². The van der Waals surface area contributed by atoms with E-state index in [0.717, 1.165) is 0 Å². The van der Waals surface area contributed by atoms with Crippen molar-refractivity contribution in [2.75, 3.05) is 0 Å². The SMILES string of the molecule is CCC(N)(CC)C(=O)NC(C)c1nn[nH]n1. The zero-order valence-electron chi connectivity index (χ0n) is 9.82. The third-order valence-electron chi connectivity index (χ3n) is 2.81. The molecule has 4 N–H and O–H groups in total. The topological polar surface area (TPSA) is 110 Å². The molecular formula is C9H18N6O. The Hall–Kier alpha value is -1.50. The van der Waals surface area contributed by atoms with Crippen LogP contribution >= 0.6 is 0 Å². The van der Waals surface area contributed by atoms with Gasteiger partial charge < -0.3 is 11.1 Å². The van der Waals surface area contributed by atoms with Gasteiger partial charge in [-0.25, -0.2) is 0 Å². The van der Waals surface area contributed by atoms with Crippen LogP contribution in [0, 0.1) is 0 Å². The number of carbonyl (C=O) groups excluding carboxylic acids is 1. The molecule has 1 aromatic rings. The Morgan fingerprint density at radius 1 is 1.56 bits per heavy atom. The molecule has 7 nitrogen and oxygen atoms in total. The van der Waals surface area contributed by atoms with Gasteiger partial charge in [0, 0.05) is 0 Å². The number of aromatic amines is 1. The first-order chi connectivity index (χ1) is 7.53. The molecule has 7 heteroatoms. The van der Waals surface area contributed by atoms with Crippen molar-refractivity contribution >= 4 is 5.91 Å². The maximum Gasteiger partial charge on any atom is 0.240 e. The van der Waals surface area contributed by atoms with Crippen molar-refractivity contribution in [1.82, 2.24) is 25.9 Å². The molecule has 1 atom stereocenters. The van der Waals surface area contributed by atoms with E-state index >= 15 is 0 Å². The molecule has 0 aromatic carbocycles. The number of carbonyl (C=O) groups is 1. The average molecular weight is 226 g/mol. The van der Waals surface area contributed by atoms with E-state index in [-0.39, 0.29) is 11.9 Å². The normalized spacial score (nSPS) is 13.5. The Kier molecular flexibility index (Phi) is 3.94. The number of hydrogen-bond acceptors (Lipinski definition) is 5. The molecule has 16 heavy (non-hydrogen) atoms. The smallest absolute Gasteiger partial charge is 0.240 e. The summed E-state index contributed by atoms with van der Waals surface area (Å²) >= 11 is 0. The van der Waals surface area contributed by atoms with Crippen molar-refractivity contribution in [1.29, 1.82) is 0 Å². The van der Waals surface area contributed by atoms with Crippen molar-refractivity contribution in [3.63, 3.8) is 0 Å². The van der Waals surface area contributed by atoms with Crippen molar-refractivity contribution in [2.24, 2.45) is 5.73 Å². The Balaban J connectivity index is 2.64. The lowest BCUT2D eigenvalue weighted by Gasteiger charge is -2.26. The highest BCUT2D eigenvalue weighted by Crippen LogP contribution is 2.13. The zero-order valence-corrected chi connectivity index (χ0v) is 9.82. The summed E-state index contributed by atoms with van der Waals surface area (Å²) in [7, 11) is 0. The van der Waals surface area contributed by atoms with E-state index in [1.54, 1.807) is 6.92 Å². The molecule has 0 fully saturated rings. The van der Waals surface area contributed by atoms with Crippen LogP contribution in [0.4, 0.5) is 0 Å². The summed E-state index contributed by atoms with van der Waals surface area (Å²) < 4.78 is 0. The second-order valence-electron chi connectivity index (χ2n) is 3.83. The lowest BCUT2D eigenvalue weighted by molar-refractivity contribution is -0.127. The number of H-pyrrole nitrogens is 1. The highest BCUT2D eigenvalue weighted by molar-refractivity contribution is 5.86. The minimum Gasteiger partial charge on any atom is -0.345 e. The second-order valence-corrected chi connectivity index (χ2v) is 3.83. The molecule has 1 aromatic heterocycles. The Bertz CT molecular complexity index is 332.